The van der Waals surface area contributed by atoms with E-state index < -0.39 is 5.97 Å². The van der Waals surface area contributed by atoms with Crippen molar-refractivity contribution in [1.82, 2.24) is 15.1 Å². The van der Waals surface area contributed by atoms with Gasteiger partial charge in [0, 0.05) is 45.2 Å². The highest BCUT2D eigenvalue weighted by atomic mass is 16.4. The van der Waals surface area contributed by atoms with Crippen molar-refractivity contribution in [1.29, 1.82) is 0 Å². The van der Waals surface area contributed by atoms with Crippen LogP contribution in [0.4, 0.5) is 0 Å². The molecule has 1 amide bonds. The van der Waals surface area contributed by atoms with Gasteiger partial charge in [0.2, 0.25) is 5.91 Å². The number of carboxylic acids is 1. The van der Waals surface area contributed by atoms with E-state index in [1.165, 1.54) is 19.3 Å². The van der Waals surface area contributed by atoms with Crippen molar-refractivity contribution >= 4 is 11.9 Å². The van der Waals surface area contributed by atoms with Crippen molar-refractivity contribution in [2.75, 3.05) is 39.3 Å². The summed E-state index contributed by atoms with van der Waals surface area (Å²) in [7, 11) is 0. The molecule has 0 unspecified atom stereocenters. The summed E-state index contributed by atoms with van der Waals surface area (Å²) in [6, 6.07) is 0.388. The molecule has 1 saturated carbocycles. The minimum atomic E-state index is -0.768. The van der Waals surface area contributed by atoms with E-state index in [0.29, 0.717) is 12.5 Å². The fraction of sp³-hybridized carbons (Fsp3) is 0.867. The number of carbonyl (C=O) groups is 2. The van der Waals surface area contributed by atoms with Crippen LogP contribution in [0.5, 0.6) is 0 Å². The first-order valence-electron chi connectivity index (χ1n) is 8.09. The largest absolute Gasteiger partial charge is 0.480 e. The highest BCUT2D eigenvalue weighted by Crippen LogP contribution is 2.17. The van der Waals surface area contributed by atoms with E-state index in [9.17, 15) is 9.59 Å². The van der Waals surface area contributed by atoms with Gasteiger partial charge < -0.3 is 15.3 Å². The predicted molar refractivity (Wildman–Crippen MR) is 80.1 cm³/mol. The molecule has 21 heavy (non-hydrogen) atoms. The number of carboxylic acid groups (broad SMARTS) is 1. The number of piperazine rings is 1. The van der Waals surface area contributed by atoms with Crippen LogP contribution in [0.3, 0.4) is 0 Å². The summed E-state index contributed by atoms with van der Waals surface area (Å²) in [5.74, 6) is -0.606. The van der Waals surface area contributed by atoms with E-state index in [1.807, 2.05) is 4.90 Å². The Morgan fingerprint density at radius 2 is 1.62 bits per heavy atom. The van der Waals surface area contributed by atoms with Crippen molar-refractivity contribution < 1.29 is 14.7 Å². The number of nitrogens with zero attached hydrogens (tertiary/aromatic N) is 2. The van der Waals surface area contributed by atoms with Crippen LogP contribution in [0.2, 0.25) is 0 Å². The molecule has 1 aliphatic carbocycles. The quantitative estimate of drug-likeness (QED) is 0.748. The second-order valence-corrected chi connectivity index (χ2v) is 6.16. The van der Waals surface area contributed by atoms with Crippen LogP contribution in [0.1, 0.15) is 38.5 Å². The Morgan fingerprint density at radius 1 is 1.00 bits per heavy atom. The fourth-order valence-corrected chi connectivity index (χ4v) is 3.17. The van der Waals surface area contributed by atoms with Gasteiger partial charge in [0.15, 0.2) is 0 Å². The Bertz CT molecular complexity index is 348. The monoisotopic (exact) mass is 297 g/mol. The molecule has 6 heteroatoms. The van der Waals surface area contributed by atoms with E-state index in [-0.39, 0.29) is 12.5 Å². The Hall–Kier alpha value is -1.14. The second kappa shape index (κ2) is 8.34. The zero-order valence-electron chi connectivity index (χ0n) is 12.7. The Labute approximate surface area is 126 Å². The minimum absolute atomic E-state index is 0.121. The summed E-state index contributed by atoms with van der Waals surface area (Å²) in [5, 5.41) is 11.9. The molecule has 120 valence electrons. The smallest absolute Gasteiger partial charge is 0.317 e. The van der Waals surface area contributed by atoms with E-state index in [2.05, 4.69) is 10.2 Å². The van der Waals surface area contributed by atoms with Crippen molar-refractivity contribution in [3.63, 3.8) is 0 Å². The van der Waals surface area contributed by atoms with Gasteiger partial charge in [-0.1, -0.05) is 19.3 Å². The highest BCUT2D eigenvalue weighted by Gasteiger charge is 2.20. The lowest BCUT2D eigenvalue weighted by Gasteiger charge is -2.33. The molecule has 0 bridgehead atoms. The first-order chi connectivity index (χ1) is 10.1. The minimum Gasteiger partial charge on any atom is -0.480 e. The van der Waals surface area contributed by atoms with Crippen molar-refractivity contribution in [2.24, 2.45) is 0 Å². The standard InChI is InChI=1S/C15H27N3O3/c19-14(16-13-4-2-1-3-5-13)6-7-17-8-10-18(11-9-17)12-15(20)21/h13H,1-12H2,(H,16,19)(H,20,21). The van der Waals surface area contributed by atoms with Gasteiger partial charge in [-0.25, -0.2) is 0 Å². The number of hydrogen-bond donors (Lipinski definition) is 2. The van der Waals surface area contributed by atoms with Crippen LogP contribution in [-0.4, -0.2) is 72.1 Å². The summed E-state index contributed by atoms with van der Waals surface area (Å²) in [5.41, 5.74) is 0. The molecule has 1 aliphatic heterocycles. The molecule has 2 N–H and O–H groups in total. The van der Waals surface area contributed by atoms with Gasteiger partial charge in [-0.2, -0.15) is 0 Å². The summed E-state index contributed by atoms with van der Waals surface area (Å²) < 4.78 is 0. The lowest BCUT2D eigenvalue weighted by atomic mass is 9.95. The van der Waals surface area contributed by atoms with Crippen LogP contribution in [0.25, 0.3) is 0 Å². The molecule has 0 atom stereocenters. The normalized spacial score (nSPS) is 22.1. The molecule has 0 aromatic rings. The first kappa shape index (κ1) is 16.2. The van der Waals surface area contributed by atoms with E-state index in [4.69, 9.17) is 5.11 Å². The van der Waals surface area contributed by atoms with Crippen LogP contribution < -0.4 is 5.32 Å². The number of amides is 1. The molecule has 0 aromatic carbocycles. The number of carbonyl (C=O) groups excluding carboxylic acids is 1. The van der Waals surface area contributed by atoms with Gasteiger partial charge in [-0.05, 0) is 12.8 Å². The van der Waals surface area contributed by atoms with Crippen molar-refractivity contribution in [3.05, 3.63) is 0 Å². The Balaban J connectivity index is 1.58. The number of rotatable bonds is 6. The maximum atomic E-state index is 11.9. The molecule has 2 rings (SSSR count). The average molecular weight is 297 g/mol. The first-order valence-corrected chi connectivity index (χ1v) is 8.09. The molecular weight excluding hydrogens is 270 g/mol. The number of aliphatic carboxylic acids is 1. The maximum Gasteiger partial charge on any atom is 0.317 e. The SMILES string of the molecule is O=C(O)CN1CCN(CCC(=O)NC2CCCCC2)CC1. The fourth-order valence-electron chi connectivity index (χ4n) is 3.17. The molecule has 1 heterocycles. The van der Waals surface area contributed by atoms with Crippen LogP contribution >= 0.6 is 0 Å². The van der Waals surface area contributed by atoms with Gasteiger partial charge in [0.25, 0.3) is 0 Å². The zero-order valence-corrected chi connectivity index (χ0v) is 12.7. The highest BCUT2D eigenvalue weighted by molar-refractivity contribution is 5.76. The lowest BCUT2D eigenvalue weighted by Crippen LogP contribution is -2.48. The molecule has 1 saturated heterocycles. The van der Waals surface area contributed by atoms with Crippen LogP contribution in [0.15, 0.2) is 0 Å². The molecule has 0 radical (unpaired) electrons. The molecule has 6 nitrogen and oxygen atoms in total. The van der Waals surface area contributed by atoms with Crippen molar-refractivity contribution in [2.45, 2.75) is 44.6 Å². The lowest BCUT2D eigenvalue weighted by molar-refractivity contribution is -0.138. The topological polar surface area (TPSA) is 72.9 Å². The average Bonchev–Trinajstić information content (AvgIpc) is 2.47. The molecule has 0 spiro atoms. The van der Waals surface area contributed by atoms with E-state index >= 15 is 0 Å². The van der Waals surface area contributed by atoms with Gasteiger partial charge in [0.1, 0.15) is 0 Å². The number of nitrogens with one attached hydrogen (secondary N) is 1. The third kappa shape index (κ3) is 6.01. The third-order valence-electron chi connectivity index (χ3n) is 4.45. The second-order valence-electron chi connectivity index (χ2n) is 6.16. The third-order valence-corrected chi connectivity index (χ3v) is 4.45. The van der Waals surface area contributed by atoms with Crippen molar-refractivity contribution in [3.8, 4) is 0 Å². The number of hydrogen-bond acceptors (Lipinski definition) is 4. The molecule has 0 aromatic heterocycles. The summed E-state index contributed by atoms with van der Waals surface area (Å²) in [6.07, 6.45) is 6.56. The predicted octanol–water partition coefficient (Wildman–Crippen LogP) is 0.528. The molecule has 2 aliphatic rings. The Morgan fingerprint density at radius 3 is 2.24 bits per heavy atom. The molecule has 2 fully saturated rings. The van der Waals surface area contributed by atoms with Gasteiger partial charge >= 0.3 is 5.97 Å². The van der Waals surface area contributed by atoms with Gasteiger partial charge in [0.05, 0.1) is 6.54 Å². The van der Waals surface area contributed by atoms with Crippen LogP contribution in [0, 0.1) is 0 Å². The van der Waals surface area contributed by atoms with Gasteiger partial charge in [-0.15, -0.1) is 0 Å². The Kier molecular flexibility index (Phi) is 6.45. The van der Waals surface area contributed by atoms with Crippen LogP contribution in [-0.2, 0) is 9.59 Å². The maximum absolute atomic E-state index is 11.9. The summed E-state index contributed by atoms with van der Waals surface area (Å²) >= 11 is 0. The molecular formula is C15H27N3O3. The van der Waals surface area contributed by atoms with E-state index in [1.54, 1.807) is 0 Å². The summed E-state index contributed by atoms with van der Waals surface area (Å²) in [6.45, 7) is 4.15. The summed E-state index contributed by atoms with van der Waals surface area (Å²) in [4.78, 5) is 26.8. The zero-order chi connectivity index (χ0) is 15.1. The van der Waals surface area contributed by atoms with Gasteiger partial charge in [-0.3, -0.25) is 14.5 Å². The van der Waals surface area contributed by atoms with E-state index in [0.717, 1.165) is 45.6 Å².